The van der Waals surface area contributed by atoms with Crippen molar-refractivity contribution in [2.24, 2.45) is 0 Å². The van der Waals surface area contributed by atoms with Crippen molar-refractivity contribution in [1.82, 2.24) is 9.78 Å². The van der Waals surface area contributed by atoms with Gasteiger partial charge in [0.05, 0.1) is 11.4 Å². The highest BCUT2D eigenvalue weighted by molar-refractivity contribution is 6.02. The number of hydrogen-bond acceptors (Lipinski definition) is 5. The van der Waals surface area contributed by atoms with Crippen molar-refractivity contribution in [1.29, 1.82) is 0 Å². The molecule has 4 aromatic rings. The van der Waals surface area contributed by atoms with Gasteiger partial charge in [-0.1, -0.05) is 78.9 Å². The van der Waals surface area contributed by atoms with Crippen LogP contribution in [-0.2, 0) is 0 Å². The van der Waals surface area contributed by atoms with Crippen LogP contribution in [0.2, 0.25) is 0 Å². The van der Waals surface area contributed by atoms with Crippen LogP contribution in [-0.4, -0.2) is 21.5 Å². The van der Waals surface area contributed by atoms with Crippen molar-refractivity contribution < 1.29 is 14.7 Å². The molecule has 0 amide bonds. The number of carbonyl (C=O) groups is 2. The Morgan fingerprint density at radius 2 is 1.34 bits per heavy atom. The van der Waals surface area contributed by atoms with E-state index in [9.17, 15) is 19.5 Å². The first-order chi connectivity index (χ1) is 14.1. The van der Waals surface area contributed by atoms with Crippen LogP contribution in [0.3, 0.4) is 0 Å². The molecule has 4 rings (SSSR count). The number of carboxylic acids is 1. The Balaban J connectivity index is 2.02. The zero-order valence-corrected chi connectivity index (χ0v) is 15.2. The predicted octanol–water partition coefficient (Wildman–Crippen LogP) is 2.23. The van der Waals surface area contributed by atoms with Crippen LogP contribution in [0.4, 0.5) is 0 Å². The van der Waals surface area contributed by atoms with Crippen LogP contribution in [0.25, 0.3) is 10.8 Å². The second-order valence-corrected chi connectivity index (χ2v) is 6.47. The first-order valence-corrected chi connectivity index (χ1v) is 8.95. The van der Waals surface area contributed by atoms with Crippen LogP contribution in [0.15, 0.2) is 89.7 Å². The molecular weight excluding hydrogens is 368 g/mol. The maximum atomic E-state index is 13.4. The fraction of sp³-hybridized carbons (Fsp3) is 0.0435. The number of carbonyl (C=O) groups excluding carboxylic acids is 2. The van der Waals surface area contributed by atoms with E-state index in [-0.39, 0.29) is 22.2 Å². The summed E-state index contributed by atoms with van der Waals surface area (Å²) >= 11 is 0. The summed E-state index contributed by atoms with van der Waals surface area (Å²) in [5.74, 6) is -1.89. The van der Waals surface area contributed by atoms with Gasteiger partial charge in [0.1, 0.15) is 11.7 Å². The van der Waals surface area contributed by atoms with Crippen LogP contribution in [0.5, 0.6) is 0 Å². The van der Waals surface area contributed by atoms with Gasteiger partial charge >= 0.3 is 0 Å². The number of aromatic nitrogens is 2. The lowest BCUT2D eigenvalue weighted by molar-refractivity contribution is -0.255. The molecule has 0 fully saturated rings. The summed E-state index contributed by atoms with van der Waals surface area (Å²) in [5, 5.41) is 16.1. The van der Waals surface area contributed by atoms with E-state index >= 15 is 0 Å². The van der Waals surface area contributed by atoms with Gasteiger partial charge < -0.3 is 9.90 Å². The van der Waals surface area contributed by atoms with Crippen LogP contribution in [0, 0.1) is 0 Å². The molecule has 1 atom stereocenters. The maximum Gasteiger partial charge on any atom is 0.275 e. The Bertz CT molecular complexity index is 1260. The third-order valence-electron chi connectivity index (χ3n) is 4.69. The summed E-state index contributed by atoms with van der Waals surface area (Å²) in [6, 6.07) is 22.3. The fourth-order valence-corrected chi connectivity index (χ4v) is 3.33. The van der Waals surface area contributed by atoms with E-state index in [1.165, 1.54) is 12.1 Å². The van der Waals surface area contributed by atoms with Crippen LogP contribution in [0.1, 0.15) is 32.5 Å². The van der Waals surface area contributed by atoms with Crippen molar-refractivity contribution in [2.45, 2.75) is 6.04 Å². The molecule has 6 heteroatoms. The highest BCUT2D eigenvalue weighted by Gasteiger charge is 2.27. The van der Waals surface area contributed by atoms with Gasteiger partial charge in [0.25, 0.3) is 5.56 Å². The molecule has 0 aliphatic heterocycles. The van der Waals surface area contributed by atoms with Gasteiger partial charge in [0, 0.05) is 10.9 Å². The van der Waals surface area contributed by atoms with Crippen molar-refractivity contribution in [3.8, 4) is 0 Å². The third kappa shape index (κ3) is 3.32. The molecule has 0 saturated carbocycles. The first kappa shape index (κ1) is 18.3. The monoisotopic (exact) mass is 383 g/mol. The summed E-state index contributed by atoms with van der Waals surface area (Å²) in [5.41, 5.74) is -0.0283. The topological polar surface area (TPSA) is 92.1 Å². The summed E-state index contributed by atoms with van der Waals surface area (Å²) < 4.78 is 0.943. The van der Waals surface area contributed by atoms with Gasteiger partial charge in [0.2, 0.25) is 0 Å². The predicted molar refractivity (Wildman–Crippen MR) is 106 cm³/mol. The highest BCUT2D eigenvalue weighted by atomic mass is 16.4. The zero-order valence-electron chi connectivity index (χ0n) is 15.2. The lowest BCUT2D eigenvalue weighted by Gasteiger charge is -2.20. The molecule has 0 N–H and O–H groups in total. The minimum atomic E-state index is -1.52. The molecule has 6 nitrogen and oxygen atoms in total. The summed E-state index contributed by atoms with van der Waals surface area (Å²) in [7, 11) is 0. The molecule has 0 bridgehead atoms. The molecule has 1 heterocycles. The van der Waals surface area contributed by atoms with E-state index in [4.69, 9.17) is 0 Å². The van der Waals surface area contributed by atoms with E-state index in [1.54, 1.807) is 72.8 Å². The molecule has 142 valence electrons. The number of fused-ring (bicyclic) bond motifs is 1. The number of aromatic carboxylic acids is 1. The average molecular weight is 383 g/mol. The largest absolute Gasteiger partial charge is 0.543 e. The van der Waals surface area contributed by atoms with Gasteiger partial charge in [-0.15, -0.1) is 0 Å². The van der Waals surface area contributed by atoms with E-state index in [1.807, 2.05) is 0 Å². The number of nitrogens with zero attached hydrogens (tertiary/aromatic N) is 2. The second kappa shape index (κ2) is 7.52. The van der Waals surface area contributed by atoms with Crippen molar-refractivity contribution in [2.75, 3.05) is 0 Å². The molecular formula is C23H15N2O4-. The summed E-state index contributed by atoms with van der Waals surface area (Å²) in [6.07, 6.45) is 0. The van der Waals surface area contributed by atoms with E-state index in [2.05, 4.69) is 5.10 Å². The maximum absolute atomic E-state index is 13.4. The Morgan fingerprint density at radius 3 is 1.97 bits per heavy atom. The van der Waals surface area contributed by atoms with Crippen LogP contribution >= 0.6 is 0 Å². The quantitative estimate of drug-likeness (QED) is 0.493. The number of hydrogen-bond donors (Lipinski definition) is 0. The normalized spacial score (nSPS) is 11.9. The third-order valence-corrected chi connectivity index (χ3v) is 4.69. The fourth-order valence-electron chi connectivity index (χ4n) is 3.33. The number of rotatable bonds is 5. The molecule has 0 spiro atoms. The van der Waals surface area contributed by atoms with Crippen molar-refractivity contribution in [3.63, 3.8) is 0 Å². The number of benzene rings is 3. The molecule has 0 unspecified atom stereocenters. The molecule has 3 aromatic carbocycles. The van der Waals surface area contributed by atoms with Gasteiger partial charge in [-0.05, 0) is 11.6 Å². The van der Waals surface area contributed by atoms with Gasteiger partial charge in [-0.2, -0.15) is 5.10 Å². The van der Waals surface area contributed by atoms with Crippen LogP contribution < -0.4 is 10.7 Å². The van der Waals surface area contributed by atoms with Gasteiger partial charge in [-0.3, -0.25) is 9.59 Å². The lowest BCUT2D eigenvalue weighted by atomic mass is 9.97. The molecule has 0 saturated heterocycles. The molecule has 29 heavy (non-hydrogen) atoms. The zero-order chi connectivity index (χ0) is 20.4. The van der Waals surface area contributed by atoms with Gasteiger partial charge in [-0.25, -0.2) is 4.68 Å². The number of ketones is 1. The minimum absolute atomic E-state index is 0.156. The molecule has 1 aromatic heterocycles. The van der Waals surface area contributed by atoms with Crippen molar-refractivity contribution >= 4 is 22.5 Å². The Labute approximate surface area is 165 Å². The number of Topliss-reactive ketones (excluding diaryl/α,β-unsaturated/α-hetero) is 1. The molecule has 0 aliphatic rings. The minimum Gasteiger partial charge on any atom is -0.543 e. The van der Waals surface area contributed by atoms with E-state index in [0.29, 0.717) is 11.1 Å². The first-order valence-electron chi connectivity index (χ1n) is 8.95. The Hall–Kier alpha value is -4.06. The van der Waals surface area contributed by atoms with Gasteiger partial charge in [0.15, 0.2) is 5.78 Å². The lowest BCUT2D eigenvalue weighted by Crippen LogP contribution is -2.36. The van der Waals surface area contributed by atoms with E-state index < -0.39 is 17.6 Å². The number of carboxylic acid groups (broad SMARTS) is 1. The SMILES string of the molecule is O=C([O-])c1nn([C@H](C(=O)c2ccccc2)c2ccccc2)c(=O)c2ccccc12. The van der Waals surface area contributed by atoms with E-state index in [0.717, 1.165) is 4.68 Å². The highest BCUT2D eigenvalue weighted by Crippen LogP contribution is 2.23. The summed E-state index contributed by atoms with van der Waals surface area (Å²) in [4.78, 5) is 38.2. The van der Waals surface area contributed by atoms with Crippen molar-refractivity contribution in [3.05, 3.63) is 112 Å². The average Bonchev–Trinajstić information content (AvgIpc) is 2.76. The molecule has 0 aliphatic carbocycles. The molecule has 0 radical (unpaired) electrons. The Morgan fingerprint density at radius 1 is 0.793 bits per heavy atom. The Kier molecular flexibility index (Phi) is 4.75. The smallest absolute Gasteiger partial charge is 0.275 e. The second-order valence-electron chi connectivity index (χ2n) is 6.47. The standard InChI is InChI=1S/C23H16N2O4/c26-21(16-11-5-2-6-12-16)20(15-9-3-1-4-10-15)25-22(27)18-14-8-7-13-17(18)19(24-25)23(28)29/h1-14,20H,(H,28,29)/p-1/t20-/m0/s1. The summed E-state index contributed by atoms with van der Waals surface area (Å²) in [6.45, 7) is 0.